The molecule has 1 saturated heterocycles. The van der Waals surface area contributed by atoms with Crippen LogP contribution in [0.2, 0.25) is 5.02 Å². The van der Waals surface area contributed by atoms with Crippen LogP contribution in [0.15, 0.2) is 23.1 Å². The van der Waals surface area contributed by atoms with E-state index in [0.29, 0.717) is 13.2 Å². The van der Waals surface area contributed by atoms with Crippen molar-refractivity contribution in [2.45, 2.75) is 23.8 Å². The third kappa shape index (κ3) is 4.30. The lowest BCUT2D eigenvalue weighted by Crippen LogP contribution is -2.40. The summed E-state index contributed by atoms with van der Waals surface area (Å²) in [6, 6.07) is 4.05. The number of hydrogen-bond acceptors (Lipinski definition) is 5. The zero-order valence-electron chi connectivity index (χ0n) is 13.3. The van der Waals surface area contributed by atoms with E-state index in [1.54, 1.807) is 0 Å². The number of ether oxygens (including phenoxy) is 1. The Morgan fingerprint density at radius 3 is 2.48 bits per heavy atom. The zero-order valence-corrected chi connectivity index (χ0v) is 14.9. The van der Waals surface area contributed by atoms with Crippen molar-refractivity contribution in [3.8, 4) is 0 Å². The molecule has 136 valence electrons. The van der Waals surface area contributed by atoms with Crippen molar-refractivity contribution in [3.63, 3.8) is 0 Å². The molecule has 0 atom stereocenters. The summed E-state index contributed by atoms with van der Waals surface area (Å²) in [4.78, 5) is 23.7. The normalized spacial score (nSPS) is 18.6. The van der Waals surface area contributed by atoms with E-state index in [4.69, 9.17) is 16.3 Å². The van der Waals surface area contributed by atoms with E-state index in [2.05, 4.69) is 10.6 Å². The molecule has 8 nitrogen and oxygen atoms in total. The SMILES string of the molecule is O=C(Nc1cc(S(=O)(=O)N2CCOCC2)ccc1Cl)C(=O)NC1CC1. The number of amides is 2. The number of rotatable bonds is 4. The lowest BCUT2D eigenvalue weighted by molar-refractivity contribution is -0.136. The second-order valence-electron chi connectivity index (χ2n) is 5.86. The van der Waals surface area contributed by atoms with Gasteiger partial charge in [-0.25, -0.2) is 8.42 Å². The van der Waals surface area contributed by atoms with E-state index in [0.717, 1.165) is 12.8 Å². The number of carbonyl (C=O) groups is 2. The van der Waals surface area contributed by atoms with Gasteiger partial charge in [0.05, 0.1) is 28.8 Å². The van der Waals surface area contributed by atoms with Gasteiger partial charge in [-0.15, -0.1) is 0 Å². The van der Waals surface area contributed by atoms with Gasteiger partial charge in [0.25, 0.3) is 0 Å². The quantitative estimate of drug-likeness (QED) is 0.735. The van der Waals surface area contributed by atoms with Gasteiger partial charge >= 0.3 is 11.8 Å². The minimum Gasteiger partial charge on any atom is -0.379 e. The number of nitrogens with zero attached hydrogens (tertiary/aromatic N) is 1. The molecule has 2 amide bonds. The van der Waals surface area contributed by atoms with E-state index in [9.17, 15) is 18.0 Å². The third-order valence-electron chi connectivity index (χ3n) is 3.91. The summed E-state index contributed by atoms with van der Waals surface area (Å²) in [6.07, 6.45) is 1.71. The van der Waals surface area contributed by atoms with Crippen molar-refractivity contribution in [2.75, 3.05) is 31.6 Å². The van der Waals surface area contributed by atoms with Gasteiger partial charge in [0.15, 0.2) is 0 Å². The summed E-state index contributed by atoms with van der Waals surface area (Å²) in [7, 11) is -3.72. The standard InChI is InChI=1S/C15H18ClN3O5S/c16-12-4-3-11(25(22,23)19-5-7-24-8-6-19)9-13(12)18-15(21)14(20)17-10-1-2-10/h3-4,9-10H,1-2,5-8H2,(H,17,20)(H,18,21). The topological polar surface area (TPSA) is 105 Å². The van der Waals surface area contributed by atoms with E-state index >= 15 is 0 Å². The maximum Gasteiger partial charge on any atom is 0.313 e. The van der Waals surface area contributed by atoms with E-state index in [1.165, 1.54) is 22.5 Å². The average molecular weight is 388 g/mol. The molecule has 3 rings (SSSR count). The monoisotopic (exact) mass is 387 g/mol. The fraction of sp³-hybridized carbons (Fsp3) is 0.467. The number of halogens is 1. The molecule has 0 aromatic heterocycles. The summed E-state index contributed by atoms with van der Waals surface area (Å²) in [5.41, 5.74) is 0.0759. The van der Waals surface area contributed by atoms with Crippen LogP contribution in [0, 0.1) is 0 Å². The zero-order chi connectivity index (χ0) is 18.0. The fourth-order valence-electron chi connectivity index (χ4n) is 2.35. The van der Waals surface area contributed by atoms with Crippen LogP contribution in [0.4, 0.5) is 5.69 Å². The molecule has 0 spiro atoms. The van der Waals surface area contributed by atoms with Crippen LogP contribution in [0.25, 0.3) is 0 Å². The van der Waals surface area contributed by atoms with Crippen molar-refractivity contribution in [3.05, 3.63) is 23.2 Å². The lowest BCUT2D eigenvalue weighted by atomic mass is 10.3. The lowest BCUT2D eigenvalue weighted by Gasteiger charge is -2.26. The van der Waals surface area contributed by atoms with Gasteiger partial charge in [-0.1, -0.05) is 11.6 Å². The number of benzene rings is 1. The van der Waals surface area contributed by atoms with Gasteiger partial charge in [0.1, 0.15) is 0 Å². The predicted molar refractivity (Wildman–Crippen MR) is 90.8 cm³/mol. The molecule has 25 heavy (non-hydrogen) atoms. The molecule has 1 aliphatic heterocycles. The summed E-state index contributed by atoms with van der Waals surface area (Å²) in [5.74, 6) is -1.64. The van der Waals surface area contributed by atoms with Crippen molar-refractivity contribution >= 4 is 39.1 Å². The maximum absolute atomic E-state index is 12.7. The molecular formula is C15H18ClN3O5S. The number of morpholine rings is 1. The summed E-state index contributed by atoms with van der Waals surface area (Å²) in [5, 5.41) is 5.07. The van der Waals surface area contributed by atoms with Crippen molar-refractivity contribution in [1.29, 1.82) is 0 Å². The second-order valence-corrected chi connectivity index (χ2v) is 8.21. The Labute approximate surface area is 150 Å². The number of carbonyl (C=O) groups excluding carboxylic acids is 2. The van der Waals surface area contributed by atoms with Gasteiger partial charge in [-0.3, -0.25) is 9.59 Å². The highest BCUT2D eigenvalue weighted by atomic mass is 35.5. The Balaban J connectivity index is 1.77. The summed E-state index contributed by atoms with van der Waals surface area (Å²) in [6.45, 7) is 1.18. The van der Waals surface area contributed by atoms with Crippen LogP contribution >= 0.6 is 11.6 Å². The molecule has 1 saturated carbocycles. The maximum atomic E-state index is 12.7. The molecule has 1 aliphatic carbocycles. The first-order chi connectivity index (χ1) is 11.9. The van der Waals surface area contributed by atoms with Crippen LogP contribution in [0.3, 0.4) is 0 Å². The Morgan fingerprint density at radius 1 is 1.16 bits per heavy atom. The number of anilines is 1. The molecule has 1 aromatic carbocycles. The third-order valence-corrected chi connectivity index (χ3v) is 6.14. The van der Waals surface area contributed by atoms with Gasteiger partial charge in [0.2, 0.25) is 10.0 Å². The average Bonchev–Trinajstić information content (AvgIpc) is 3.41. The number of nitrogens with one attached hydrogen (secondary N) is 2. The fourth-order valence-corrected chi connectivity index (χ4v) is 3.95. The molecule has 10 heteroatoms. The predicted octanol–water partition coefficient (Wildman–Crippen LogP) is 0.578. The Morgan fingerprint density at radius 2 is 1.84 bits per heavy atom. The minimum atomic E-state index is -3.72. The minimum absolute atomic E-state index is 0.00305. The van der Waals surface area contributed by atoms with E-state index in [1.807, 2.05) is 0 Å². The highest BCUT2D eigenvalue weighted by Crippen LogP contribution is 2.27. The molecule has 0 unspecified atom stereocenters. The van der Waals surface area contributed by atoms with Crippen LogP contribution < -0.4 is 10.6 Å². The van der Waals surface area contributed by atoms with Crippen LogP contribution in [-0.4, -0.2) is 56.9 Å². The van der Waals surface area contributed by atoms with Crippen molar-refractivity contribution in [1.82, 2.24) is 9.62 Å². The molecule has 0 bridgehead atoms. The highest BCUT2D eigenvalue weighted by molar-refractivity contribution is 7.89. The van der Waals surface area contributed by atoms with Crippen LogP contribution in [0.1, 0.15) is 12.8 Å². The molecule has 1 aromatic rings. The second kappa shape index (κ2) is 7.28. The molecule has 2 N–H and O–H groups in total. The van der Waals surface area contributed by atoms with Gasteiger partial charge in [0, 0.05) is 19.1 Å². The van der Waals surface area contributed by atoms with Crippen LogP contribution in [-0.2, 0) is 24.3 Å². The van der Waals surface area contributed by atoms with Crippen molar-refractivity contribution in [2.24, 2.45) is 0 Å². The summed E-state index contributed by atoms with van der Waals surface area (Å²) >= 11 is 6.02. The molecule has 2 aliphatic rings. The summed E-state index contributed by atoms with van der Waals surface area (Å²) < 4.78 is 31.8. The molecular weight excluding hydrogens is 370 g/mol. The van der Waals surface area contributed by atoms with E-state index in [-0.39, 0.29) is 34.7 Å². The number of hydrogen-bond donors (Lipinski definition) is 2. The van der Waals surface area contributed by atoms with E-state index < -0.39 is 21.8 Å². The van der Waals surface area contributed by atoms with Gasteiger partial charge in [-0.05, 0) is 31.0 Å². The smallest absolute Gasteiger partial charge is 0.313 e. The van der Waals surface area contributed by atoms with Gasteiger partial charge in [-0.2, -0.15) is 4.31 Å². The first kappa shape index (κ1) is 18.1. The number of sulfonamides is 1. The first-order valence-corrected chi connectivity index (χ1v) is 9.69. The highest BCUT2D eigenvalue weighted by Gasteiger charge is 2.29. The van der Waals surface area contributed by atoms with Gasteiger partial charge < -0.3 is 15.4 Å². The molecule has 1 heterocycles. The van der Waals surface area contributed by atoms with Crippen molar-refractivity contribution < 1.29 is 22.7 Å². The largest absolute Gasteiger partial charge is 0.379 e. The Bertz CT molecular complexity index is 788. The van der Waals surface area contributed by atoms with Crippen LogP contribution in [0.5, 0.6) is 0 Å². The molecule has 0 radical (unpaired) electrons. The molecule has 2 fully saturated rings. The first-order valence-electron chi connectivity index (χ1n) is 7.87. The Hall–Kier alpha value is -1.68. The Kier molecular flexibility index (Phi) is 5.28.